The summed E-state index contributed by atoms with van der Waals surface area (Å²) in [5.74, 6) is -0.576. The van der Waals surface area contributed by atoms with Crippen LogP contribution in [0, 0.1) is 0 Å². The Kier molecular flexibility index (Phi) is 4.19. The Labute approximate surface area is 149 Å². The summed E-state index contributed by atoms with van der Waals surface area (Å²) < 4.78 is 33.3. The third-order valence-corrected chi connectivity index (χ3v) is 8.36. The molecule has 4 rings (SSSR count). The number of carboxylic acid groups (broad SMARTS) is 1. The van der Waals surface area contributed by atoms with Crippen LogP contribution >= 0.6 is 11.3 Å². The number of sulfonamides is 1. The number of carboxylic acids is 1. The maximum absolute atomic E-state index is 13.3. The summed E-state index contributed by atoms with van der Waals surface area (Å²) in [5, 5.41) is 12.8. The molecule has 25 heavy (non-hydrogen) atoms. The van der Waals surface area contributed by atoms with Crippen LogP contribution in [0.3, 0.4) is 0 Å². The predicted octanol–water partition coefficient (Wildman–Crippen LogP) is 2.21. The average molecular weight is 382 g/mol. The van der Waals surface area contributed by atoms with Gasteiger partial charge < -0.3 is 14.8 Å². The molecule has 0 amide bonds. The molecule has 2 aliphatic heterocycles. The molecular formula is C16H18N2O5S2. The van der Waals surface area contributed by atoms with E-state index in [2.05, 4.69) is 5.32 Å². The first-order valence-electron chi connectivity index (χ1n) is 8.14. The van der Waals surface area contributed by atoms with Crippen LogP contribution < -0.4 is 5.32 Å². The highest BCUT2D eigenvalue weighted by Crippen LogP contribution is 2.41. The van der Waals surface area contributed by atoms with Crippen LogP contribution in [-0.4, -0.2) is 36.9 Å². The summed E-state index contributed by atoms with van der Waals surface area (Å²) in [6.07, 6.45) is 3.45. The Bertz CT molecular complexity index is 901. The number of hydrogen-bond acceptors (Lipinski definition) is 6. The first-order valence-corrected chi connectivity index (χ1v) is 10.4. The third-order valence-electron chi connectivity index (χ3n) is 4.73. The van der Waals surface area contributed by atoms with Gasteiger partial charge in [-0.1, -0.05) is 0 Å². The van der Waals surface area contributed by atoms with Gasteiger partial charge >= 0.3 is 5.97 Å². The number of hydrogen-bond donors (Lipinski definition) is 2. The highest BCUT2D eigenvalue weighted by atomic mass is 32.2. The van der Waals surface area contributed by atoms with Crippen LogP contribution in [-0.2, 0) is 23.0 Å². The minimum Gasteiger partial charge on any atom is -0.478 e. The van der Waals surface area contributed by atoms with E-state index in [9.17, 15) is 18.3 Å². The summed E-state index contributed by atoms with van der Waals surface area (Å²) in [5.41, 5.74) is 0.607. The van der Waals surface area contributed by atoms with Crippen LogP contribution in [0.4, 0.5) is 0 Å². The van der Waals surface area contributed by atoms with Crippen molar-refractivity contribution < 1.29 is 22.7 Å². The molecule has 1 saturated heterocycles. The van der Waals surface area contributed by atoms with Crippen molar-refractivity contribution in [3.63, 3.8) is 0 Å². The summed E-state index contributed by atoms with van der Waals surface area (Å²) in [4.78, 5) is 12.6. The first kappa shape index (κ1) is 16.8. The summed E-state index contributed by atoms with van der Waals surface area (Å²) in [6.45, 7) is 1.53. The van der Waals surface area contributed by atoms with Crippen LogP contribution in [0.1, 0.15) is 45.4 Å². The molecule has 0 bridgehead atoms. The highest BCUT2D eigenvalue weighted by Gasteiger charge is 2.42. The van der Waals surface area contributed by atoms with Crippen LogP contribution in [0.5, 0.6) is 0 Å². The Balaban J connectivity index is 1.80. The van der Waals surface area contributed by atoms with Gasteiger partial charge in [-0.15, -0.1) is 11.3 Å². The molecule has 134 valence electrons. The number of rotatable bonds is 4. The van der Waals surface area contributed by atoms with E-state index in [1.165, 1.54) is 10.6 Å². The summed E-state index contributed by atoms with van der Waals surface area (Å²) in [6, 6.07) is 3.12. The number of nitrogens with one attached hydrogen (secondary N) is 1. The van der Waals surface area contributed by atoms with Crippen LogP contribution in [0.15, 0.2) is 27.0 Å². The van der Waals surface area contributed by atoms with Gasteiger partial charge in [0.05, 0.1) is 17.9 Å². The fourth-order valence-electron chi connectivity index (χ4n) is 3.61. The zero-order chi connectivity index (χ0) is 17.6. The molecule has 4 heterocycles. The van der Waals surface area contributed by atoms with Crippen molar-refractivity contribution in [3.8, 4) is 0 Å². The Morgan fingerprint density at radius 2 is 2.28 bits per heavy atom. The minimum atomic E-state index is -3.90. The molecule has 1 fully saturated rings. The normalized spacial score (nSPS) is 21.4. The second-order valence-electron chi connectivity index (χ2n) is 6.19. The van der Waals surface area contributed by atoms with Gasteiger partial charge in [-0.25, -0.2) is 13.2 Å². The molecule has 1 unspecified atom stereocenters. The number of nitrogens with zero attached hydrogens (tertiary/aromatic N) is 1. The molecule has 0 spiro atoms. The zero-order valence-electron chi connectivity index (χ0n) is 13.4. The molecule has 0 saturated carbocycles. The smallest absolute Gasteiger partial charge is 0.338 e. The van der Waals surface area contributed by atoms with E-state index in [1.807, 2.05) is 0 Å². The van der Waals surface area contributed by atoms with E-state index < -0.39 is 16.0 Å². The zero-order valence-corrected chi connectivity index (χ0v) is 15.0. The van der Waals surface area contributed by atoms with Gasteiger partial charge in [0.2, 0.25) is 0 Å². The van der Waals surface area contributed by atoms with Gasteiger partial charge in [-0.2, -0.15) is 4.31 Å². The molecule has 2 aromatic heterocycles. The van der Waals surface area contributed by atoms with E-state index in [-0.39, 0.29) is 15.8 Å². The maximum Gasteiger partial charge on any atom is 0.338 e. The van der Waals surface area contributed by atoms with E-state index in [0.29, 0.717) is 43.8 Å². The van der Waals surface area contributed by atoms with E-state index in [0.717, 1.165) is 22.6 Å². The molecule has 1 atom stereocenters. The molecule has 7 nitrogen and oxygen atoms in total. The lowest BCUT2D eigenvalue weighted by molar-refractivity contribution is 0.0692. The van der Waals surface area contributed by atoms with Gasteiger partial charge in [-0.05, 0) is 43.5 Å². The Morgan fingerprint density at radius 3 is 3.00 bits per heavy atom. The van der Waals surface area contributed by atoms with Crippen LogP contribution in [0.25, 0.3) is 0 Å². The largest absolute Gasteiger partial charge is 0.478 e. The van der Waals surface area contributed by atoms with Crippen molar-refractivity contribution in [1.82, 2.24) is 9.62 Å². The topological polar surface area (TPSA) is 99.8 Å². The average Bonchev–Trinajstić information content (AvgIpc) is 3.31. The lowest BCUT2D eigenvalue weighted by atomic mass is 10.1. The SMILES string of the molecule is O=C(O)c1c(S(=O)(=O)N2CCCC2c2ccco2)sc2c1CCNC2. The molecule has 0 aliphatic carbocycles. The summed E-state index contributed by atoms with van der Waals surface area (Å²) in [7, 11) is -3.90. The molecule has 2 aromatic rings. The molecule has 0 radical (unpaired) electrons. The second kappa shape index (κ2) is 6.24. The fourth-order valence-corrected chi connectivity index (χ4v) is 7.25. The van der Waals surface area contributed by atoms with Crippen molar-refractivity contribution in [3.05, 3.63) is 40.2 Å². The minimum absolute atomic E-state index is 0.0489. The van der Waals surface area contributed by atoms with Crippen molar-refractivity contribution in [1.29, 1.82) is 0 Å². The molecule has 9 heteroatoms. The van der Waals surface area contributed by atoms with Gasteiger partial charge in [-0.3, -0.25) is 0 Å². The fraction of sp³-hybridized carbons (Fsp3) is 0.438. The lowest BCUT2D eigenvalue weighted by Crippen LogP contribution is -2.31. The molecular weight excluding hydrogens is 364 g/mol. The third kappa shape index (κ3) is 2.71. The second-order valence-corrected chi connectivity index (χ2v) is 9.38. The van der Waals surface area contributed by atoms with Crippen molar-refractivity contribution in [2.75, 3.05) is 13.1 Å². The predicted molar refractivity (Wildman–Crippen MR) is 91.3 cm³/mol. The number of aromatic carboxylic acids is 1. The highest BCUT2D eigenvalue weighted by molar-refractivity contribution is 7.91. The molecule has 0 aromatic carbocycles. The standard InChI is InChI=1S/C16H18N2O5S2/c19-15(20)14-10-5-6-17-9-13(10)24-16(14)25(21,22)18-7-1-3-11(18)12-4-2-8-23-12/h2,4,8,11,17H,1,3,5-7,9H2,(H,19,20). The van der Waals surface area contributed by atoms with Crippen molar-refractivity contribution >= 4 is 27.3 Å². The van der Waals surface area contributed by atoms with Crippen molar-refractivity contribution in [2.24, 2.45) is 0 Å². The van der Waals surface area contributed by atoms with Gasteiger partial charge in [0.1, 0.15) is 9.97 Å². The maximum atomic E-state index is 13.3. The van der Waals surface area contributed by atoms with Crippen molar-refractivity contribution in [2.45, 2.75) is 36.1 Å². The Morgan fingerprint density at radius 1 is 1.44 bits per heavy atom. The number of thiophene rings is 1. The molecule has 2 N–H and O–H groups in total. The van der Waals surface area contributed by atoms with Gasteiger partial charge in [0.15, 0.2) is 0 Å². The first-order chi connectivity index (χ1) is 12.0. The number of carbonyl (C=O) groups is 1. The number of furan rings is 1. The summed E-state index contributed by atoms with van der Waals surface area (Å²) >= 11 is 1.08. The molecule has 2 aliphatic rings. The quantitative estimate of drug-likeness (QED) is 0.841. The van der Waals surface area contributed by atoms with Gasteiger partial charge in [0.25, 0.3) is 10.0 Å². The van der Waals surface area contributed by atoms with Crippen LogP contribution in [0.2, 0.25) is 0 Å². The van der Waals surface area contributed by atoms with E-state index in [1.54, 1.807) is 12.1 Å². The van der Waals surface area contributed by atoms with Gasteiger partial charge in [0, 0.05) is 18.0 Å². The lowest BCUT2D eigenvalue weighted by Gasteiger charge is -2.22. The Hall–Kier alpha value is -1.68. The number of fused-ring (bicyclic) bond motifs is 1. The monoisotopic (exact) mass is 382 g/mol. The van der Waals surface area contributed by atoms with E-state index >= 15 is 0 Å². The van der Waals surface area contributed by atoms with E-state index in [4.69, 9.17) is 4.42 Å².